The quantitative estimate of drug-likeness (QED) is 0.810. The topological polar surface area (TPSA) is 34.6 Å². The molecule has 4 heteroatoms. The van der Waals surface area contributed by atoms with Crippen LogP contribution in [0.3, 0.4) is 0 Å². The predicted octanol–water partition coefficient (Wildman–Crippen LogP) is 2.08. The van der Waals surface area contributed by atoms with Crippen molar-refractivity contribution in [3.8, 4) is 5.75 Å². The van der Waals surface area contributed by atoms with Crippen LogP contribution in [0.25, 0.3) is 10.9 Å². The Hall–Kier alpha value is -1.81. The number of hydrogen-bond acceptors (Lipinski definition) is 4. The molecule has 1 aromatic carbocycles. The summed E-state index contributed by atoms with van der Waals surface area (Å²) in [7, 11) is 1.69. The second kappa shape index (κ2) is 4.82. The molecule has 4 nitrogen and oxygen atoms in total. The number of hydrogen-bond donors (Lipinski definition) is 0. The van der Waals surface area contributed by atoms with Crippen LogP contribution in [0.5, 0.6) is 5.75 Å². The number of benzene rings is 1. The van der Waals surface area contributed by atoms with Crippen molar-refractivity contribution in [2.24, 2.45) is 0 Å². The van der Waals surface area contributed by atoms with Crippen LogP contribution in [0, 0.1) is 0 Å². The molecule has 2 aromatic rings. The van der Waals surface area contributed by atoms with Gasteiger partial charge in [-0.3, -0.25) is 4.98 Å². The zero-order valence-electron chi connectivity index (χ0n) is 10.4. The Morgan fingerprint density at radius 2 is 2.06 bits per heavy atom. The lowest BCUT2D eigenvalue weighted by atomic mass is 10.1. The summed E-state index contributed by atoms with van der Waals surface area (Å²) >= 11 is 0. The second-order valence-electron chi connectivity index (χ2n) is 4.31. The largest absolute Gasteiger partial charge is 0.497 e. The zero-order valence-corrected chi connectivity index (χ0v) is 10.4. The third kappa shape index (κ3) is 1.99. The molecule has 0 bridgehead atoms. The SMILES string of the molecule is COc1ccc2nccc(N3CCOCC3)c2c1. The third-order valence-electron chi connectivity index (χ3n) is 3.28. The van der Waals surface area contributed by atoms with E-state index in [0.717, 1.165) is 43.0 Å². The monoisotopic (exact) mass is 244 g/mol. The summed E-state index contributed by atoms with van der Waals surface area (Å²) in [6, 6.07) is 8.05. The molecular formula is C14H16N2O2. The molecule has 0 amide bonds. The van der Waals surface area contributed by atoms with Crippen LogP contribution < -0.4 is 9.64 Å². The Labute approximate surface area is 106 Å². The molecule has 94 valence electrons. The summed E-state index contributed by atoms with van der Waals surface area (Å²) < 4.78 is 10.7. The first-order valence-corrected chi connectivity index (χ1v) is 6.14. The van der Waals surface area contributed by atoms with Crippen molar-refractivity contribution in [3.05, 3.63) is 30.5 Å². The van der Waals surface area contributed by atoms with E-state index in [2.05, 4.69) is 16.0 Å². The van der Waals surface area contributed by atoms with E-state index < -0.39 is 0 Å². The summed E-state index contributed by atoms with van der Waals surface area (Å²) in [6.45, 7) is 3.42. The van der Waals surface area contributed by atoms with Crippen molar-refractivity contribution in [2.75, 3.05) is 38.3 Å². The fraction of sp³-hybridized carbons (Fsp3) is 0.357. The zero-order chi connectivity index (χ0) is 12.4. The molecular weight excluding hydrogens is 228 g/mol. The van der Waals surface area contributed by atoms with Gasteiger partial charge < -0.3 is 14.4 Å². The van der Waals surface area contributed by atoms with Crippen LogP contribution in [-0.2, 0) is 4.74 Å². The van der Waals surface area contributed by atoms with Gasteiger partial charge in [0, 0.05) is 30.4 Å². The van der Waals surface area contributed by atoms with E-state index in [0.29, 0.717) is 0 Å². The summed E-state index contributed by atoms with van der Waals surface area (Å²) in [5, 5.41) is 1.14. The molecule has 1 saturated heterocycles. The Morgan fingerprint density at radius 3 is 2.83 bits per heavy atom. The minimum atomic E-state index is 0.786. The van der Waals surface area contributed by atoms with Gasteiger partial charge in [0.15, 0.2) is 0 Å². The van der Waals surface area contributed by atoms with Crippen LogP contribution in [0.4, 0.5) is 5.69 Å². The normalized spacial score (nSPS) is 15.9. The molecule has 0 saturated carbocycles. The van der Waals surface area contributed by atoms with E-state index in [1.807, 2.05) is 24.4 Å². The van der Waals surface area contributed by atoms with Gasteiger partial charge in [0.2, 0.25) is 0 Å². The van der Waals surface area contributed by atoms with Crippen LogP contribution >= 0.6 is 0 Å². The summed E-state index contributed by atoms with van der Waals surface area (Å²) in [6.07, 6.45) is 1.86. The third-order valence-corrected chi connectivity index (χ3v) is 3.28. The molecule has 1 aliphatic rings. The molecule has 1 aliphatic heterocycles. The molecule has 2 heterocycles. The highest BCUT2D eigenvalue weighted by molar-refractivity contribution is 5.92. The first-order valence-electron chi connectivity index (χ1n) is 6.14. The van der Waals surface area contributed by atoms with E-state index in [1.165, 1.54) is 5.69 Å². The van der Waals surface area contributed by atoms with Gasteiger partial charge in [-0.2, -0.15) is 0 Å². The Balaban J connectivity index is 2.09. The lowest BCUT2D eigenvalue weighted by Gasteiger charge is -2.29. The number of nitrogens with zero attached hydrogens (tertiary/aromatic N) is 2. The molecule has 0 N–H and O–H groups in total. The number of morpholine rings is 1. The average molecular weight is 244 g/mol. The van der Waals surface area contributed by atoms with E-state index in [9.17, 15) is 0 Å². The number of pyridine rings is 1. The highest BCUT2D eigenvalue weighted by Crippen LogP contribution is 2.29. The van der Waals surface area contributed by atoms with Gasteiger partial charge in [0.25, 0.3) is 0 Å². The smallest absolute Gasteiger partial charge is 0.119 e. The molecule has 1 fully saturated rings. The van der Waals surface area contributed by atoms with Crippen molar-refractivity contribution in [1.29, 1.82) is 0 Å². The first-order chi connectivity index (χ1) is 8.88. The highest BCUT2D eigenvalue weighted by Gasteiger charge is 2.14. The van der Waals surface area contributed by atoms with Crippen molar-refractivity contribution in [2.45, 2.75) is 0 Å². The fourth-order valence-electron chi connectivity index (χ4n) is 2.32. The summed E-state index contributed by atoms with van der Waals surface area (Å²) in [4.78, 5) is 6.74. The van der Waals surface area contributed by atoms with Gasteiger partial charge in [-0.05, 0) is 24.3 Å². The van der Waals surface area contributed by atoms with E-state index in [-0.39, 0.29) is 0 Å². The Morgan fingerprint density at radius 1 is 1.22 bits per heavy atom. The standard InChI is InChI=1S/C14H16N2O2/c1-17-11-2-3-13-12(10-11)14(4-5-15-13)16-6-8-18-9-7-16/h2-5,10H,6-9H2,1H3. The van der Waals surface area contributed by atoms with Crippen molar-refractivity contribution in [3.63, 3.8) is 0 Å². The van der Waals surface area contributed by atoms with Crippen molar-refractivity contribution < 1.29 is 9.47 Å². The van der Waals surface area contributed by atoms with Crippen LogP contribution in [-0.4, -0.2) is 38.4 Å². The maximum Gasteiger partial charge on any atom is 0.119 e. The summed E-state index contributed by atoms with van der Waals surface area (Å²) in [5.41, 5.74) is 2.21. The number of methoxy groups -OCH3 is 1. The second-order valence-corrected chi connectivity index (χ2v) is 4.31. The lowest BCUT2D eigenvalue weighted by Crippen LogP contribution is -2.36. The van der Waals surface area contributed by atoms with E-state index in [4.69, 9.17) is 9.47 Å². The number of ether oxygens (including phenoxy) is 2. The van der Waals surface area contributed by atoms with Gasteiger partial charge >= 0.3 is 0 Å². The van der Waals surface area contributed by atoms with Crippen LogP contribution in [0.15, 0.2) is 30.5 Å². The molecule has 0 aliphatic carbocycles. The Bertz CT molecular complexity index is 550. The molecule has 3 rings (SSSR count). The number of fused-ring (bicyclic) bond motifs is 1. The molecule has 0 radical (unpaired) electrons. The van der Waals surface area contributed by atoms with E-state index in [1.54, 1.807) is 7.11 Å². The summed E-state index contributed by atoms with van der Waals surface area (Å²) in [5.74, 6) is 0.866. The number of anilines is 1. The minimum absolute atomic E-state index is 0.786. The maximum absolute atomic E-state index is 5.40. The molecule has 1 aromatic heterocycles. The minimum Gasteiger partial charge on any atom is -0.497 e. The fourth-order valence-corrected chi connectivity index (χ4v) is 2.32. The average Bonchev–Trinajstić information content (AvgIpc) is 2.47. The maximum atomic E-state index is 5.40. The molecule has 0 unspecified atom stereocenters. The van der Waals surface area contributed by atoms with Crippen LogP contribution in [0.2, 0.25) is 0 Å². The lowest BCUT2D eigenvalue weighted by molar-refractivity contribution is 0.123. The molecule has 0 atom stereocenters. The first kappa shape index (κ1) is 11.3. The van der Waals surface area contributed by atoms with E-state index >= 15 is 0 Å². The molecule has 18 heavy (non-hydrogen) atoms. The van der Waals surface area contributed by atoms with Crippen molar-refractivity contribution >= 4 is 16.6 Å². The Kier molecular flexibility index (Phi) is 3.02. The van der Waals surface area contributed by atoms with Gasteiger partial charge in [-0.15, -0.1) is 0 Å². The van der Waals surface area contributed by atoms with Gasteiger partial charge in [0.05, 0.1) is 25.8 Å². The number of rotatable bonds is 2. The van der Waals surface area contributed by atoms with Gasteiger partial charge in [-0.25, -0.2) is 0 Å². The number of aromatic nitrogens is 1. The van der Waals surface area contributed by atoms with Gasteiger partial charge in [0.1, 0.15) is 5.75 Å². The molecule has 0 spiro atoms. The van der Waals surface area contributed by atoms with Gasteiger partial charge in [-0.1, -0.05) is 0 Å². The van der Waals surface area contributed by atoms with Crippen LogP contribution in [0.1, 0.15) is 0 Å². The predicted molar refractivity (Wildman–Crippen MR) is 71.3 cm³/mol. The van der Waals surface area contributed by atoms with Crippen molar-refractivity contribution in [1.82, 2.24) is 4.98 Å². The highest BCUT2D eigenvalue weighted by atomic mass is 16.5.